The second-order valence-electron chi connectivity index (χ2n) is 13.4. The molecule has 0 spiro atoms. The van der Waals surface area contributed by atoms with Crippen molar-refractivity contribution in [2.45, 2.75) is 77.0 Å². The van der Waals surface area contributed by atoms with Crippen LogP contribution in [0.4, 0.5) is 10.1 Å². The summed E-state index contributed by atoms with van der Waals surface area (Å²) < 4.78 is 51.3. The van der Waals surface area contributed by atoms with E-state index in [0.717, 1.165) is 46.6 Å². The van der Waals surface area contributed by atoms with E-state index >= 15 is 4.39 Å². The van der Waals surface area contributed by atoms with Crippen LogP contribution >= 0.6 is 0 Å². The van der Waals surface area contributed by atoms with Gasteiger partial charge in [-0.2, -0.15) is 0 Å². The number of anilines is 1. The Morgan fingerprint density at radius 1 is 0.827 bits per heavy atom. The normalized spacial score (nSPS) is 24.9. The summed E-state index contributed by atoms with van der Waals surface area (Å²) in [7, 11) is 4.71. The molecule has 17 heteroatoms. The fourth-order valence-electron chi connectivity index (χ4n) is 7.17. The monoisotopic (exact) mass is 732 g/mol. The summed E-state index contributed by atoms with van der Waals surface area (Å²) >= 11 is 0. The van der Waals surface area contributed by atoms with E-state index in [2.05, 4.69) is 10.2 Å². The first-order chi connectivity index (χ1) is 24.7. The number of aromatic nitrogens is 1. The highest BCUT2D eigenvalue weighted by molar-refractivity contribution is 6.00. The van der Waals surface area contributed by atoms with Crippen molar-refractivity contribution in [3.8, 4) is 5.75 Å². The number of ether oxygens (including phenoxy) is 6. The Labute approximate surface area is 299 Å². The highest BCUT2D eigenvalue weighted by atomic mass is 19.1. The van der Waals surface area contributed by atoms with Crippen LogP contribution in [-0.2, 0) is 42.9 Å². The largest absolute Gasteiger partial charge is 0.492 e. The standard InChI is InChI=1S/C35H45FN4O12/c1-17(41)49-30-24(16-47-6)31(50-18(2)42)33(52-20(4)44)26(32(30)51-19(3)43)37-35(46)23-15-40(21-8-9-21)27-22(29(23)45)14-25(36)28(34(27)48-7)39-12-10-38(5)11-13-39/h14-15,21,24,26,30-33H,8-13,16H2,1-7H3,(H,37,46)/t24?,26?,30-,31-,32-,33+/m0/s1. The molecule has 1 saturated heterocycles. The van der Waals surface area contributed by atoms with Gasteiger partial charge < -0.3 is 48.1 Å². The first kappa shape index (κ1) is 38.5. The van der Waals surface area contributed by atoms with Crippen molar-refractivity contribution < 1.29 is 56.8 Å². The first-order valence-electron chi connectivity index (χ1n) is 17.0. The molecule has 6 atom stereocenters. The fraction of sp³-hybridized carbons (Fsp3) is 0.600. The maximum Gasteiger partial charge on any atom is 0.303 e. The highest BCUT2D eigenvalue weighted by Crippen LogP contribution is 2.44. The molecule has 2 aliphatic carbocycles. The molecule has 1 aromatic carbocycles. The second kappa shape index (κ2) is 15.9. The number of piperazine rings is 1. The Kier molecular flexibility index (Phi) is 11.7. The molecule has 2 unspecified atom stereocenters. The fourth-order valence-corrected chi connectivity index (χ4v) is 7.17. The van der Waals surface area contributed by atoms with E-state index in [1.54, 1.807) is 4.57 Å². The number of rotatable bonds is 11. The maximum atomic E-state index is 16.0. The SMILES string of the molecule is COCC1[C@H](OC(C)=O)[C@H](OC(C)=O)C(NC(=O)c2cn(C3CC3)c3c(OC)c(N4CCN(C)CC4)c(F)cc3c2=O)[C@H](OC(C)=O)[C@H]1OC(C)=O. The average Bonchev–Trinajstić information content (AvgIpc) is 3.91. The summed E-state index contributed by atoms with van der Waals surface area (Å²) in [5.74, 6) is -5.85. The number of carbonyl (C=O) groups excluding carboxylic acids is 5. The number of nitrogens with zero attached hydrogens (tertiary/aromatic N) is 3. The molecule has 3 aliphatic rings. The Bertz CT molecular complexity index is 1740. The van der Waals surface area contributed by atoms with Crippen LogP contribution in [0.25, 0.3) is 10.9 Å². The molecule has 2 saturated carbocycles. The van der Waals surface area contributed by atoms with Crippen molar-refractivity contribution in [3.63, 3.8) is 0 Å². The van der Waals surface area contributed by atoms with Gasteiger partial charge in [0.25, 0.3) is 5.91 Å². The summed E-state index contributed by atoms with van der Waals surface area (Å²) in [5.41, 5.74) is -0.657. The van der Waals surface area contributed by atoms with Crippen LogP contribution in [-0.4, -0.2) is 124 Å². The van der Waals surface area contributed by atoms with Crippen molar-refractivity contribution in [1.82, 2.24) is 14.8 Å². The zero-order valence-corrected chi connectivity index (χ0v) is 30.3. The lowest BCUT2D eigenvalue weighted by atomic mass is 9.76. The molecule has 0 bridgehead atoms. The number of amides is 1. The van der Waals surface area contributed by atoms with Crippen LogP contribution in [0.5, 0.6) is 5.75 Å². The lowest BCUT2D eigenvalue weighted by Gasteiger charge is -2.48. The molecule has 284 valence electrons. The van der Waals surface area contributed by atoms with Crippen molar-refractivity contribution >= 4 is 46.4 Å². The van der Waals surface area contributed by atoms with E-state index in [1.165, 1.54) is 20.4 Å². The number of carbonyl (C=O) groups is 5. The van der Waals surface area contributed by atoms with Gasteiger partial charge in [-0.1, -0.05) is 0 Å². The van der Waals surface area contributed by atoms with Gasteiger partial charge >= 0.3 is 23.9 Å². The maximum absolute atomic E-state index is 16.0. The van der Waals surface area contributed by atoms with E-state index in [-0.39, 0.29) is 29.5 Å². The number of hydrogen-bond donors (Lipinski definition) is 1. The van der Waals surface area contributed by atoms with E-state index < -0.39 is 83.0 Å². The van der Waals surface area contributed by atoms with E-state index in [0.29, 0.717) is 31.7 Å². The van der Waals surface area contributed by atoms with Crippen molar-refractivity contribution in [2.75, 3.05) is 59.0 Å². The Hall–Kier alpha value is -4.77. The van der Waals surface area contributed by atoms with Crippen LogP contribution in [0.2, 0.25) is 0 Å². The zero-order chi connectivity index (χ0) is 38.0. The molecule has 2 aromatic rings. The molecule has 3 fully saturated rings. The Morgan fingerprint density at radius 2 is 1.35 bits per heavy atom. The number of nitrogens with one attached hydrogen (secondary N) is 1. The number of esters is 4. The number of benzene rings is 1. The lowest BCUT2D eigenvalue weighted by Crippen LogP contribution is -2.70. The van der Waals surface area contributed by atoms with Gasteiger partial charge in [-0.25, -0.2) is 4.39 Å². The number of fused-ring (bicyclic) bond motifs is 1. The Morgan fingerprint density at radius 3 is 1.81 bits per heavy atom. The summed E-state index contributed by atoms with van der Waals surface area (Å²) in [6.45, 7) is 6.64. The Balaban J connectivity index is 1.65. The highest BCUT2D eigenvalue weighted by Gasteiger charge is 2.58. The van der Waals surface area contributed by atoms with Gasteiger partial charge in [-0.05, 0) is 26.0 Å². The van der Waals surface area contributed by atoms with Crippen molar-refractivity contribution in [3.05, 3.63) is 33.9 Å². The van der Waals surface area contributed by atoms with E-state index in [1.807, 2.05) is 11.9 Å². The minimum Gasteiger partial charge on any atom is -0.492 e. The molecule has 1 aliphatic heterocycles. The predicted octanol–water partition coefficient (Wildman–Crippen LogP) is 1.34. The smallest absolute Gasteiger partial charge is 0.303 e. The van der Waals surface area contributed by atoms with Gasteiger partial charge in [0.2, 0.25) is 5.43 Å². The lowest BCUT2D eigenvalue weighted by molar-refractivity contribution is -0.222. The van der Waals surface area contributed by atoms with Crippen molar-refractivity contribution in [1.29, 1.82) is 0 Å². The molecule has 52 heavy (non-hydrogen) atoms. The number of methoxy groups -OCH3 is 2. The first-order valence-corrected chi connectivity index (χ1v) is 17.0. The van der Waals surface area contributed by atoms with Gasteiger partial charge in [0, 0.05) is 73.2 Å². The molecule has 1 aromatic heterocycles. The quantitative estimate of drug-likeness (QED) is 0.258. The topological polar surface area (TPSA) is 181 Å². The van der Waals surface area contributed by atoms with E-state index in [4.69, 9.17) is 28.4 Å². The molecule has 0 radical (unpaired) electrons. The van der Waals surface area contributed by atoms with Crippen molar-refractivity contribution in [2.24, 2.45) is 5.92 Å². The van der Waals surface area contributed by atoms with Crippen LogP contribution in [0.1, 0.15) is 56.9 Å². The predicted molar refractivity (Wildman–Crippen MR) is 182 cm³/mol. The average molecular weight is 733 g/mol. The van der Waals surface area contributed by atoms with Crippen LogP contribution < -0.4 is 20.4 Å². The minimum absolute atomic E-state index is 0.0979. The molecule has 2 heterocycles. The molecule has 1 N–H and O–H groups in total. The third-order valence-electron chi connectivity index (χ3n) is 9.47. The zero-order valence-electron chi connectivity index (χ0n) is 30.3. The summed E-state index contributed by atoms with van der Waals surface area (Å²) in [6, 6.07) is -0.545. The third-order valence-corrected chi connectivity index (χ3v) is 9.47. The van der Waals surface area contributed by atoms with Gasteiger partial charge in [-0.15, -0.1) is 0 Å². The number of likely N-dealkylation sites (N-methyl/N-ethyl adjacent to an activating group) is 1. The summed E-state index contributed by atoms with van der Waals surface area (Å²) in [6.07, 6.45) is -2.97. The van der Waals surface area contributed by atoms with Crippen LogP contribution in [0, 0.1) is 11.7 Å². The minimum atomic E-state index is -1.53. The molecular weight excluding hydrogens is 687 g/mol. The molecule has 5 rings (SSSR count). The second-order valence-corrected chi connectivity index (χ2v) is 13.4. The summed E-state index contributed by atoms with van der Waals surface area (Å²) in [4.78, 5) is 82.1. The van der Waals surface area contributed by atoms with Crippen LogP contribution in [0.3, 0.4) is 0 Å². The molecule has 1 amide bonds. The summed E-state index contributed by atoms with van der Waals surface area (Å²) in [5, 5.41) is 2.55. The van der Waals surface area contributed by atoms with Gasteiger partial charge in [0.1, 0.15) is 29.5 Å². The van der Waals surface area contributed by atoms with Gasteiger partial charge in [-0.3, -0.25) is 28.8 Å². The van der Waals surface area contributed by atoms with Crippen LogP contribution in [0.15, 0.2) is 17.1 Å². The van der Waals surface area contributed by atoms with Gasteiger partial charge in [0.05, 0.1) is 30.5 Å². The molecular formula is C35H45FN4O12. The number of pyridine rings is 1. The molecule has 16 nitrogen and oxygen atoms in total. The number of hydrogen-bond acceptors (Lipinski definition) is 14. The van der Waals surface area contributed by atoms with Gasteiger partial charge in [0.15, 0.2) is 23.8 Å². The third kappa shape index (κ3) is 7.99. The number of halogens is 1. The van der Waals surface area contributed by atoms with E-state index in [9.17, 15) is 28.8 Å².